The molecule has 0 radical (unpaired) electrons. The van der Waals surface area contributed by atoms with Crippen LogP contribution in [0.1, 0.15) is 205 Å². The van der Waals surface area contributed by atoms with Crippen molar-refractivity contribution >= 4 is 5.97 Å². The van der Waals surface area contributed by atoms with Gasteiger partial charge in [-0.05, 0) is 126 Å². The first kappa shape index (κ1) is 44.1. The Morgan fingerprint density at radius 2 is 1.30 bits per heavy atom. The number of hydrogen-bond acceptors (Lipinski definition) is 3. The minimum Gasteiger partial charge on any atom is -0.487 e. The summed E-state index contributed by atoms with van der Waals surface area (Å²) < 4.78 is 12.9. The molecule has 0 N–H and O–H groups in total. The van der Waals surface area contributed by atoms with E-state index in [0.29, 0.717) is 6.42 Å². The van der Waals surface area contributed by atoms with Gasteiger partial charge in [-0.1, -0.05) is 136 Å². The molecule has 2 rings (SSSR count). The number of allylic oxidation sites excluding steroid dienone is 4. The summed E-state index contributed by atoms with van der Waals surface area (Å²) in [5.74, 6) is 4.19. The number of ether oxygens (including phenoxy) is 2. The maximum atomic E-state index is 12.9. The molecule has 50 heavy (non-hydrogen) atoms. The van der Waals surface area contributed by atoms with Crippen LogP contribution in [-0.4, -0.2) is 11.6 Å². The highest BCUT2D eigenvalue weighted by Gasteiger charge is 2.34. The summed E-state index contributed by atoms with van der Waals surface area (Å²) >= 11 is 0. The van der Waals surface area contributed by atoms with Gasteiger partial charge in [0.2, 0.25) is 0 Å². The molecule has 3 heteroatoms. The lowest BCUT2D eigenvalue weighted by molar-refractivity contribution is -0.134. The zero-order valence-electron chi connectivity index (χ0n) is 34.5. The highest BCUT2D eigenvalue weighted by atomic mass is 16.5. The van der Waals surface area contributed by atoms with E-state index in [-0.39, 0.29) is 11.6 Å². The van der Waals surface area contributed by atoms with Gasteiger partial charge in [0.1, 0.15) is 17.1 Å². The Balaban J connectivity index is 1.70. The smallest absolute Gasteiger partial charge is 0.311 e. The topological polar surface area (TPSA) is 35.5 Å². The molecule has 0 aliphatic carbocycles. The second-order valence-corrected chi connectivity index (χ2v) is 16.9. The number of hydrogen-bond donors (Lipinski definition) is 0. The summed E-state index contributed by atoms with van der Waals surface area (Å²) in [5.41, 5.74) is 4.38. The second-order valence-electron chi connectivity index (χ2n) is 16.9. The number of benzene rings is 1. The zero-order chi connectivity index (χ0) is 36.8. The second kappa shape index (κ2) is 25.0. The predicted molar refractivity (Wildman–Crippen MR) is 218 cm³/mol. The van der Waals surface area contributed by atoms with Gasteiger partial charge < -0.3 is 9.47 Å². The Kier molecular flexibility index (Phi) is 22.1. The van der Waals surface area contributed by atoms with E-state index >= 15 is 0 Å². The van der Waals surface area contributed by atoms with Crippen LogP contribution in [0.25, 0.3) is 0 Å². The Morgan fingerprint density at radius 1 is 0.720 bits per heavy atom. The first-order valence-electron chi connectivity index (χ1n) is 21.3. The van der Waals surface area contributed by atoms with Crippen LogP contribution in [0.5, 0.6) is 11.5 Å². The molecule has 0 bridgehead atoms. The molecule has 3 unspecified atom stereocenters. The van der Waals surface area contributed by atoms with Crippen LogP contribution < -0.4 is 9.47 Å². The largest absolute Gasteiger partial charge is 0.487 e. The number of carbonyl (C=O) groups excluding carboxylic acids is 1. The molecule has 286 valence electrons. The molecule has 1 aliphatic heterocycles. The summed E-state index contributed by atoms with van der Waals surface area (Å²) in [5, 5.41) is 0. The van der Waals surface area contributed by atoms with Crippen molar-refractivity contribution in [3.63, 3.8) is 0 Å². The highest BCUT2D eigenvalue weighted by molar-refractivity contribution is 5.74. The van der Waals surface area contributed by atoms with Gasteiger partial charge in [0, 0.05) is 12.0 Å². The highest BCUT2D eigenvalue weighted by Crippen LogP contribution is 2.45. The molecule has 1 aromatic carbocycles. The molecular formula is C47H80O3. The van der Waals surface area contributed by atoms with Crippen molar-refractivity contribution in [2.45, 2.75) is 216 Å². The number of unbranched alkanes of at least 4 members (excludes halogenated alkanes) is 8. The zero-order valence-corrected chi connectivity index (χ0v) is 34.5. The van der Waals surface area contributed by atoms with Crippen LogP contribution >= 0.6 is 0 Å². The average molecular weight is 693 g/mol. The van der Waals surface area contributed by atoms with Gasteiger partial charge in [0.15, 0.2) is 0 Å². The van der Waals surface area contributed by atoms with E-state index in [4.69, 9.17) is 9.47 Å². The van der Waals surface area contributed by atoms with Crippen molar-refractivity contribution < 1.29 is 14.3 Å². The van der Waals surface area contributed by atoms with Crippen molar-refractivity contribution in [3.05, 3.63) is 46.6 Å². The van der Waals surface area contributed by atoms with E-state index in [1.807, 2.05) is 0 Å². The first-order valence-corrected chi connectivity index (χ1v) is 21.3. The normalized spacial score (nSPS) is 17.4. The van der Waals surface area contributed by atoms with Crippen LogP contribution in [0, 0.1) is 38.5 Å². The molecule has 1 aliphatic rings. The van der Waals surface area contributed by atoms with E-state index in [0.717, 1.165) is 90.9 Å². The standard InChI is InChI=1S/C47H80O3/c1-10-11-12-13-14-15-16-17-18-19-20-21-22-23-24-33-44(48)49-45-40(6)41(7)46-43(42(45)8)34-36-47(9,50-46)35-27-32-39(5)31-26-30-38(4)29-25-28-37(2)3/h14-15,17-18,37-39H,10-13,16,19-36H2,1-9H3. The van der Waals surface area contributed by atoms with Gasteiger partial charge in [-0.25, -0.2) is 0 Å². The molecule has 0 saturated heterocycles. The lowest BCUT2D eigenvalue weighted by Crippen LogP contribution is -2.37. The number of fused-ring (bicyclic) bond motifs is 1. The SMILES string of the molecule is CCCCCC=CCC=CCCCCCCCC(=O)Oc1c(C)c(C)c2c(c1C)CCC(C)(CCCC(C)CCCC(C)CCCC(C)C)O2. The fourth-order valence-corrected chi connectivity index (χ4v) is 7.66. The van der Waals surface area contributed by atoms with Crippen LogP contribution in [0.2, 0.25) is 0 Å². The lowest BCUT2D eigenvalue weighted by Gasteiger charge is -2.38. The number of rotatable bonds is 27. The maximum Gasteiger partial charge on any atom is 0.311 e. The molecule has 0 amide bonds. The van der Waals surface area contributed by atoms with Crippen LogP contribution in [0.15, 0.2) is 24.3 Å². The number of esters is 1. The molecule has 1 aromatic rings. The Labute approximate surface area is 310 Å². The van der Waals surface area contributed by atoms with Gasteiger partial charge in [0.05, 0.1) is 0 Å². The fraction of sp³-hybridized carbons (Fsp3) is 0.766. The minimum absolute atomic E-state index is 0.0995. The van der Waals surface area contributed by atoms with Gasteiger partial charge in [-0.3, -0.25) is 4.79 Å². The molecule has 0 spiro atoms. The van der Waals surface area contributed by atoms with Crippen molar-refractivity contribution in [3.8, 4) is 11.5 Å². The third-order valence-corrected chi connectivity index (χ3v) is 11.4. The van der Waals surface area contributed by atoms with Gasteiger partial charge >= 0.3 is 5.97 Å². The Hall–Kier alpha value is -2.03. The van der Waals surface area contributed by atoms with E-state index in [1.54, 1.807) is 0 Å². The molecule has 1 heterocycles. The van der Waals surface area contributed by atoms with E-state index in [2.05, 4.69) is 86.6 Å². The molecule has 0 aromatic heterocycles. The van der Waals surface area contributed by atoms with Crippen molar-refractivity contribution in [1.29, 1.82) is 0 Å². The van der Waals surface area contributed by atoms with Crippen LogP contribution in [-0.2, 0) is 11.2 Å². The molecular weight excluding hydrogens is 613 g/mol. The summed E-state index contributed by atoms with van der Waals surface area (Å²) in [7, 11) is 0. The summed E-state index contributed by atoms with van der Waals surface area (Å²) in [4.78, 5) is 12.9. The van der Waals surface area contributed by atoms with Crippen molar-refractivity contribution in [2.24, 2.45) is 17.8 Å². The first-order chi connectivity index (χ1) is 24.0. The predicted octanol–water partition coefficient (Wildman–Crippen LogP) is 14.9. The maximum absolute atomic E-state index is 12.9. The molecule has 0 fully saturated rings. The molecule has 0 saturated carbocycles. The minimum atomic E-state index is -0.124. The molecule has 3 atom stereocenters. The molecule has 3 nitrogen and oxygen atoms in total. The van der Waals surface area contributed by atoms with Gasteiger partial charge in [0.25, 0.3) is 0 Å². The lowest BCUT2D eigenvalue weighted by atomic mass is 9.83. The monoisotopic (exact) mass is 693 g/mol. The fourth-order valence-electron chi connectivity index (χ4n) is 7.66. The van der Waals surface area contributed by atoms with E-state index in [9.17, 15) is 4.79 Å². The third-order valence-electron chi connectivity index (χ3n) is 11.4. The third kappa shape index (κ3) is 17.5. The van der Waals surface area contributed by atoms with Gasteiger partial charge in [-0.15, -0.1) is 0 Å². The summed E-state index contributed by atoms with van der Waals surface area (Å²) in [6, 6.07) is 0. The van der Waals surface area contributed by atoms with E-state index < -0.39 is 0 Å². The van der Waals surface area contributed by atoms with Crippen molar-refractivity contribution in [1.82, 2.24) is 0 Å². The quantitative estimate of drug-likeness (QED) is 0.0398. The van der Waals surface area contributed by atoms with Crippen molar-refractivity contribution in [2.75, 3.05) is 0 Å². The van der Waals surface area contributed by atoms with Gasteiger partial charge in [-0.2, -0.15) is 0 Å². The van der Waals surface area contributed by atoms with Crippen LogP contribution in [0.3, 0.4) is 0 Å². The Morgan fingerprint density at radius 3 is 1.94 bits per heavy atom. The number of carbonyl (C=O) groups is 1. The Bertz CT molecular complexity index is 1140. The summed E-state index contributed by atoms with van der Waals surface area (Å²) in [6.45, 7) is 20.5. The van der Waals surface area contributed by atoms with E-state index in [1.165, 1.54) is 102 Å². The summed E-state index contributed by atoms with van der Waals surface area (Å²) in [6.07, 6.45) is 36.6. The average Bonchev–Trinajstić information content (AvgIpc) is 3.07. The van der Waals surface area contributed by atoms with Crippen LogP contribution in [0.4, 0.5) is 0 Å².